The Hall–Kier alpha value is -1.68. The number of rotatable bonds is 3. The van der Waals surface area contributed by atoms with Crippen LogP contribution in [-0.2, 0) is 4.79 Å². The van der Waals surface area contributed by atoms with Crippen LogP contribution in [0.1, 0.15) is 13.3 Å². The molecule has 4 nitrogen and oxygen atoms in total. The molecule has 0 radical (unpaired) electrons. The SMILES string of the molecule is CC1=Nc2ccccc2N(CCN(C)C)C(=O)C1. The average molecular weight is 245 g/mol. The lowest BCUT2D eigenvalue weighted by Gasteiger charge is -2.24. The van der Waals surface area contributed by atoms with Crippen molar-refractivity contribution >= 4 is 23.0 Å². The molecule has 4 heteroatoms. The average Bonchev–Trinajstić information content (AvgIpc) is 2.41. The van der Waals surface area contributed by atoms with Crippen LogP contribution >= 0.6 is 0 Å². The van der Waals surface area contributed by atoms with E-state index in [1.54, 1.807) is 0 Å². The molecular formula is C14H19N3O. The Balaban J connectivity index is 2.33. The Kier molecular flexibility index (Phi) is 3.77. The number of aliphatic imine (C=N–C) groups is 1. The first-order chi connectivity index (χ1) is 8.58. The normalized spacial score (nSPS) is 15.4. The maximum atomic E-state index is 12.2. The van der Waals surface area contributed by atoms with Crippen molar-refractivity contribution < 1.29 is 4.79 Å². The Labute approximate surface area is 108 Å². The van der Waals surface area contributed by atoms with Crippen LogP contribution in [-0.4, -0.2) is 43.7 Å². The lowest BCUT2D eigenvalue weighted by atomic mass is 10.2. The first-order valence-corrected chi connectivity index (χ1v) is 6.16. The van der Waals surface area contributed by atoms with Gasteiger partial charge in [0.15, 0.2) is 0 Å². The number of anilines is 1. The van der Waals surface area contributed by atoms with Crippen molar-refractivity contribution in [2.45, 2.75) is 13.3 Å². The van der Waals surface area contributed by atoms with Gasteiger partial charge in [-0.2, -0.15) is 0 Å². The number of benzene rings is 1. The number of likely N-dealkylation sites (N-methyl/N-ethyl adjacent to an activating group) is 1. The van der Waals surface area contributed by atoms with Crippen molar-refractivity contribution in [3.8, 4) is 0 Å². The molecule has 1 aliphatic heterocycles. The molecule has 96 valence electrons. The molecule has 0 aromatic heterocycles. The van der Waals surface area contributed by atoms with Gasteiger partial charge in [0.05, 0.1) is 17.8 Å². The quantitative estimate of drug-likeness (QED) is 0.817. The van der Waals surface area contributed by atoms with Crippen molar-refractivity contribution in [3.05, 3.63) is 24.3 Å². The van der Waals surface area contributed by atoms with E-state index in [0.29, 0.717) is 13.0 Å². The van der Waals surface area contributed by atoms with Gasteiger partial charge in [0.25, 0.3) is 0 Å². The van der Waals surface area contributed by atoms with E-state index in [9.17, 15) is 4.79 Å². The van der Waals surface area contributed by atoms with Crippen molar-refractivity contribution in [3.63, 3.8) is 0 Å². The van der Waals surface area contributed by atoms with Crippen LogP contribution in [0, 0.1) is 0 Å². The highest BCUT2D eigenvalue weighted by atomic mass is 16.2. The summed E-state index contributed by atoms with van der Waals surface area (Å²) in [6.07, 6.45) is 0.405. The summed E-state index contributed by atoms with van der Waals surface area (Å²) in [4.78, 5) is 20.7. The summed E-state index contributed by atoms with van der Waals surface area (Å²) in [6.45, 7) is 3.45. The van der Waals surface area contributed by atoms with Gasteiger partial charge in [0.1, 0.15) is 0 Å². The number of carbonyl (C=O) groups excluding carboxylic acids is 1. The van der Waals surface area contributed by atoms with Gasteiger partial charge < -0.3 is 9.80 Å². The summed E-state index contributed by atoms with van der Waals surface area (Å²) in [6, 6.07) is 7.82. The molecule has 0 saturated carbocycles. The first kappa shape index (κ1) is 12.8. The molecule has 1 heterocycles. The summed E-state index contributed by atoms with van der Waals surface area (Å²) in [7, 11) is 4.02. The molecule has 0 unspecified atom stereocenters. The van der Waals surface area contributed by atoms with Crippen molar-refractivity contribution in [1.29, 1.82) is 0 Å². The topological polar surface area (TPSA) is 35.9 Å². The number of nitrogens with zero attached hydrogens (tertiary/aromatic N) is 3. The van der Waals surface area contributed by atoms with Crippen LogP contribution in [0.3, 0.4) is 0 Å². The number of hydrogen-bond acceptors (Lipinski definition) is 3. The summed E-state index contributed by atoms with van der Waals surface area (Å²) in [5, 5.41) is 0. The predicted molar refractivity (Wildman–Crippen MR) is 74.7 cm³/mol. The lowest BCUT2D eigenvalue weighted by molar-refractivity contribution is -0.117. The molecule has 2 rings (SSSR count). The summed E-state index contributed by atoms with van der Waals surface area (Å²) in [5.41, 5.74) is 2.68. The van der Waals surface area contributed by atoms with Crippen LogP contribution in [0.25, 0.3) is 0 Å². The number of hydrogen-bond donors (Lipinski definition) is 0. The third-order valence-corrected chi connectivity index (χ3v) is 2.96. The van der Waals surface area contributed by atoms with Gasteiger partial charge >= 0.3 is 0 Å². The van der Waals surface area contributed by atoms with Gasteiger partial charge in [-0.25, -0.2) is 0 Å². The molecule has 0 bridgehead atoms. The maximum Gasteiger partial charge on any atom is 0.232 e. The second-order valence-electron chi connectivity index (χ2n) is 4.86. The highest BCUT2D eigenvalue weighted by Gasteiger charge is 2.22. The summed E-state index contributed by atoms with van der Waals surface area (Å²) >= 11 is 0. The Bertz CT molecular complexity index is 480. The Morgan fingerprint density at radius 2 is 2.06 bits per heavy atom. The van der Waals surface area contributed by atoms with E-state index < -0.39 is 0 Å². The number of fused-ring (bicyclic) bond motifs is 1. The molecule has 18 heavy (non-hydrogen) atoms. The van der Waals surface area contributed by atoms with Gasteiger partial charge in [-0.1, -0.05) is 12.1 Å². The maximum absolute atomic E-state index is 12.2. The number of amides is 1. The highest BCUT2D eigenvalue weighted by Crippen LogP contribution is 2.31. The molecule has 1 aromatic rings. The third kappa shape index (κ3) is 2.76. The molecule has 1 aliphatic rings. The second-order valence-corrected chi connectivity index (χ2v) is 4.86. The molecular weight excluding hydrogens is 226 g/mol. The van der Waals surface area contributed by atoms with E-state index in [2.05, 4.69) is 9.89 Å². The standard InChI is InChI=1S/C14H19N3O/c1-11-10-14(18)17(9-8-16(2)3)13-7-5-4-6-12(13)15-11/h4-7H,8-10H2,1-3H3. The fraction of sp³-hybridized carbons (Fsp3) is 0.429. The Morgan fingerprint density at radius 3 is 2.78 bits per heavy atom. The van der Waals surface area contributed by atoms with E-state index in [1.807, 2.05) is 50.2 Å². The first-order valence-electron chi connectivity index (χ1n) is 6.16. The van der Waals surface area contributed by atoms with Gasteiger partial charge in [0, 0.05) is 18.8 Å². The molecule has 0 spiro atoms. The van der Waals surface area contributed by atoms with Crippen LogP contribution in [0.2, 0.25) is 0 Å². The van der Waals surface area contributed by atoms with Crippen molar-refractivity contribution in [2.75, 3.05) is 32.1 Å². The number of carbonyl (C=O) groups is 1. The van der Waals surface area contributed by atoms with Gasteiger partial charge in [-0.05, 0) is 33.2 Å². The predicted octanol–water partition coefficient (Wildman–Crippen LogP) is 2.08. The van der Waals surface area contributed by atoms with Gasteiger partial charge in [-0.3, -0.25) is 9.79 Å². The highest BCUT2D eigenvalue weighted by molar-refractivity contribution is 6.10. The zero-order valence-corrected chi connectivity index (χ0v) is 11.2. The van der Waals surface area contributed by atoms with Gasteiger partial charge in [-0.15, -0.1) is 0 Å². The van der Waals surface area contributed by atoms with Crippen LogP contribution in [0.5, 0.6) is 0 Å². The van der Waals surface area contributed by atoms with Crippen molar-refractivity contribution in [1.82, 2.24) is 4.90 Å². The smallest absolute Gasteiger partial charge is 0.232 e. The van der Waals surface area contributed by atoms with E-state index in [1.165, 1.54) is 0 Å². The van der Waals surface area contributed by atoms with Gasteiger partial charge in [0.2, 0.25) is 5.91 Å². The Morgan fingerprint density at radius 1 is 1.33 bits per heavy atom. The fourth-order valence-corrected chi connectivity index (χ4v) is 2.03. The zero-order valence-electron chi connectivity index (χ0n) is 11.2. The molecule has 0 N–H and O–H groups in total. The molecule has 0 aliphatic carbocycles. The van der Waals surface area contributed by atoms with E-state index in [4.69, 9.17) is 0 Å². The lowest BCUT2D eigenvalue weighted by Crippen LogP contribution is -2.36. The van der Waals surface area contributed by atoms with Crippen LogP contribution < -0.4 is 4.90 Å². The van der Waals surface area contributed by atoms with E-state index in [-0.39, 0.29) is 5.91 Å². The van der Waals surface area contributed by atoms with E-state index >= 15 is 0 Å². The second kappa shape index (κ2) is 5.31. The molecule has 0 atom stereocenters. The monoisotopic (exact) mass is 245 g/mol. The van der Waals surface area contributed by atoms with Crippen LogP contribution in [0.15, 0.2) is 29.3 Å². The minimum Gasteiger partial charge on any atom is -0.309 e. The minimum atomic E-state index is 0.128. The van der Waals surface area contributed by atoms with E-state index in [0.717, 1.165) is 23.6 Å². The van der Waals surface area contributed by atoms with Crippen LogP contribution in [0.4, 0.5) is 11.4 Å². The zero-order chi connectivity index (χ0) is 13.1. The fourth-order valence-electron chi connectivity index (χ4n) is 2.03. The molecule has 1 aromatic carbocycles. The molecule has 0 saturated heterocycles. The largest absolute Gasteiger partial charge is 0.309 e. The van der Waals surface area contributed by atoms with Crippen molar-refractivity contribution in [2.24, 2.45) is 4.99 Å². The summed E-state index contributed by atoms with van der Waals surface area (Å²) in [5.74, 6) is 0.128. The molecule has 1 amide bonds. The third-order valence-electron chi connectivity index (χ3n) is 2.96. The summed E-state index contributed by atoms with van der Waals surface area (Å²) < 4.78 is 0. The minimum absolute atomic E-state index is 0.128. The molecule has 0 fully saturated rings. The number of para-hydroxylation sites is 2.